The number of nitrogens with one attached hydrogen (secondary N) is 1. The van der Waals surface area contributed by atoms with E-state index in [-0.39, 0.29) is 11.9 Å². The molecule has 1 saturated heterocycles. The Morgan fingerprint density at radius 1 is 1.09 bits per heavy atom. The summed E-state index contributed by atoms with van der Waals surface area (Å²) in [5.41, 5.74) is 11.3. The molecule has 0 radical (unpaired) electrons. The molecule has 1 atom stereocenters. The van der Waals surface area contributed by atoms with E-state index in [4.69, 9.17) is 5.73 Å². The topological polar surface area (TPSA) is 70.3 Å². The van der Waals surface area contributed by atoms with Crippen molar-refractivity contribution in [1.29, 1.82) is 0 Å². The van der Waals surface area contributed by atoms with Gasteiger partial charge in [0.25, 0.3) is 5.91 Å². The second-order valence-corrected chi connectivity index (χ2v) is 9.66. The largest absolute Gasteiger partial charge is 0.369 e. The zero-order valence-electron chi connectivity index (χ0n) is 20.3. The first-order valence-electron chi connectivity index (χ1n) is 12.5. The number of anilines is 1. The van der Waals surface area contributed by atoms with Gasteiger partial charge in [-0.2, -0.15) is 0 Å². The summed E-state index contributed by atoms with van der Waals surface area (Å²) in [6, 6.07) is 17.2. The fourth-order valence-corrected chi connectivity index (χ4v) is 5.37. The Morgan fingerprint density at radius 2 is 1.88 bits per heavy atom. The van der Waals surface area contributed by atoms with Crippen LogP contribution in [0.3, 0.4) is 0 Å². The van der Waals surface area contributed by atoms with E-state index in [0.717, 1.165) is 68.3 Å². The smallest absolute Gasteiger partial charge is 0.265 e. The molecule has 6 heteroatoms. The van der Waals surface area contributed by atoms with Gasteiger partial charge in [-0.1, -0.05) is 44.0 Å². The molecular formula is C28H35N5O. The third kappa shape index (κ3) is 4.30. The lowest BCUT2D eigenvalue weighted by Gasteiger charge is -2.34. The average molecular weight is 458 g/mol. The number of carbonyl (C=O) groups excluding carboxylic acids is 1. The predicted octanol–water partition coefficient (Wildman–Crippen LogP) is 4.95. The molecule has 4 aromatic rings. The Bertz CT molecular complexity index is 1290. The molecule has 1 fully saturated rings. The molecule has 2 aromatic carbocycles. The standard InChI is InChI=1S/C28H35N5O/c1-3-4-7-23(16-21-19-30-25-9-6-5-8-24(21)25)33-26-18-22(32-14-12-31(2)13-15-32)11-10-20(26)17-27(33)28(29)34/h5-6,8-11,17-19,23,30H,3-4,7,12-16H2,1-2H3,(H2,29,34). The molecule has 178 valence electrons. The van der Waals surface area contributed by atoms with Gasteiger partial charge in [0.2, 0.25) is 0 Å². The Morgan fingerprint density at radius 3 is 2.65 bits per heavy atom. The number of unbranched alkanes of at least 4 members (excludes halogenated alkanes) is 1. The number of benzene rings is 2. The number of primary amides is 1. The van der Waals surface area contributed by atoms with Crippen molar-refractivity contribution >= 4 is 33.4 Å². The van der Waals surface area contributed by atoms with Crippen molar-refractivity contribution in [2.24, 2.45) is 5.73 Å². The summed E-state index contributed by atoms with van der Waals surface area (Å²) in [5, 5.41) is 2.33. The van der Waals surface area contributed by atoms with Crippen molar-refractivity contribution in [2.75, 3.05) is 38.1 Å². The number of aromatic amines is 1. The molecule has 0 bridgehead atoms. The van der Waals surface area contributed by atoms with Crippen LogP contribution in [0.4, 0.5) is 5.69 Å². The molecule has 3 N–H and O–H groups in total. The van der Waals surface area contributed by atoms with E-state index in [0.29, 0.717) is 5.69 Å². The number of fused-ring (bicyclic) bond motifs is 2. The van der Waals surface area contributed by atoms with Crippen molar-refractivity contribution in [3.05, 3.63) is 66.0 Å². The number of hydrogen-bond acceptors (Lipinski definition) is 3. The number of para-hydroxylation sites is 1. The molecule has 1 aliphatic heterocycles. The van der Waals surface area contributed by atoms with E-state index in [1.807, 2.05) is 6.07 Å². The number of nitrogens with two attached hydrogens (primary N) is 1. The van der Waals surface area contributed by atoms with E-state index >= 15 is 0 Å². The number of nitrogens with zero attached hydrogens (tertiary/aromatic N) is 3. The van der Waals surface area contributed by atoms with Crippen molar-refractivity contribution < 1.29 is 4.79 Å². The van der Waals surface area contributed by atoms with Gasteiger partial charge in [-0.3, -0.25) is 4.79 Å². The van der Waals surface area contributed by atoms with Crippen LogP contribution in [0.15, 0.2) is 54.7 Å². The van der Waals surface area contributed by atoms with E-state index in [9.17, 15) is 4.79 Å². The minimum Gasteiger partial charge on any atom is -0.369 e. The maximum Gasteiger partial charge on any atom is 0.265 e. The molecule has 6 nitrogen and oxygen atoms in total. The van der Waals surface area contributed by atoms with Gasteiger partial charge in [0, 0.05) is 60.4 Å². The quantitative estimate of drug-likeness (QED) is 0.393. The van der Waals surface area contributed by atoms with E-state index < -0.39 is 0 Å². The first-order chi connectivity index (χ1) is 16.5. The van der Waals surface area contributed by atoms with Crippen molar-refractivity contribution in [3.8, 4) is 0 Å². The number of piperazine rings is 1. The number of carbonyl (C=O) groups is 1. The van der Waals surface area contributed by atoms with Gasteiger partial charge < -0.3 is 25.1 Å². The van der Waals surface area contributed by atoms with Crippen LogP contribution < -0.4 is 10.6 Å². The molecule has 0 saturated carbocycles. The lowest BCUT2D eigenvalue weighted by atomic mass is 9.99. The number of amides is 1. The van der Waals surface area contributed by atoms with Crippen LogP contribution in [0.1, 0.15) is 48.3 Å². The van der Waals surface area contributed by atoms with Gasteiger partial charge in [0.15, 0.2) is 0 Å². The van der Waals surface area contributed by atoms with Gasteiger partial charge in [-0.05, 0) is 49.7 Å². The highest BCUT2D eigenvalue weighted by Gasteiger charge is 2.23. The molecule has 0 spiro atoms. The summed E-state index contributed by atoms with van der Waals surface area (Å²) >= 11 is 0. The molecule has 0 aliphatic carbocycles. The Kier molecular flexibility index (Phi) is 6.33. The van der Waals surface area contributed by atoms with Gasteiger partial charge in [0.05, 0.1) is 5.52 Å². The van der Waals surface area contributed by atoms with Crippen molar-refractivity contribution in [3.63, 3.8) is 0 Å². The molecule has 5 rings (SSSR count). The number of H-pyrrole nitrogens is 1. The second kappa shape index (κ2) is 9.55. The summed E-state index contributed by atoms with van der Waals surface area (Å²) < 4.78 is 2.23. The van der Waals surface area contributed by atoms with E-state index in [1.165, 1.54) is 16.6 Å². The first-order valence-corrected chi connectivity index (χ1v) is 12.5. The van der Waals surface area contributed by atoms with Gasteiger partial charge in [0.1, 0.15) is 5.69 Å². The van der Waals surface area contributed by atoms with Crippen LogP contribution in [0.2, 0.25) is 0 Å². The third-order valence-corrected chi connectivity index (χ3v) is 7.33. The SMILES string of the molecule is CCCCC(Cc1c[nH]c2ccccc12)n1c(C(N)=O)cc2ccc(N3CCN(C)CC3)cc21. The molecule has 1 aliphatic rings. The summed E-state index contributed by atoms with van der Waals surface area (Å²) in [4.78, 5) is 20.8. The highest BCUT2D eigenvalue weighted by Crippen LogP contribution is 2.33. The maximum absolute atomic E-state index is 12.6. The number of aromatic nitrogens is 2. The Hall–Kier alpha value is -3.25. The van der Waals surface area contributed by atoms with Crippen LogP contribution in [0.25, 0.3) is 21.8 Å². The highest BCUT2D eigenvalue weighted by molar-refractivity contribution is 5.98. The highest BCUT2D eigenvalue weighted by atomic mass is 16.1. The average Bonchev–Trinajstić information content (AvgIpc) is 3.43. The molecule has 2 aromatic heterocycles. The lowest BCUT2D eigenvalue weighted by molar-refractivity contribution is 0.0989. The molecule has 34 heavy (non-hydrogen) atoms. The lowest BCUT2D eigenvalue weighted by Crippen LogP contribution is -2.44. The Balaban J connectivity index is 1.58. The molecular weight excluding hydrogens is 422 g/mol. The van der Waals surface area contributed by atoms with Gasteiger partial charge in [-0.15, -0.1) is 0 Å². The number of hydrogen-bond donors (Lipinski definition) is 2. The monoisotopic (exact) mass is 457 g/mol. The van der Waals surface area contributed by atoms with Crippen LogP contribution in [0.5, 0.6) is 0 Å². The molecule has 1 amide bonds. The first kappa shape index (κ1) is 22.5. The summed E-state index contributed by atoms with van der Waals surface area (Å²) in [6.45, 7) is 6.37. The number of rotatable bonds is 8. The molecule has 1 unspecified atom stereocenters. The summed E-state index contributed by atoms with van der Waals surface area (Å²) in [5.74, 6) is -0.363. The van der Waals surface area contributed by atoms with Crippen LogP contribution in [-0.4, -0.2) is 53.6 Å². The van der Waals surface area contributed by atoms with Crippen LogP contribution >= 0.6 is 0 Å². The minimum absolute atomic E-state index is 0.155. The van der Waals surface area contributed by atoms with E-state index in [2.05, 4.69) is 82.0 Å². The van der Waals surface area contributed by atoms with Crippen molar-refractivity contribution in [2.45, 2.75) is 38.6 Å². The van der Waals surface area contributed by atoms with Crippen molar-refractivity contribution in [1.82, 2.24) is 14.5 Å². The Labute approximate surface area is 201 Å². The fraction of sp³-hybridized carbons (Fsp3) is 0.393. The predicted molar refractivity (Wildman–Crippen MR) is 141 cm³/mol. The van der Waals surface area contributed by atoms with Gasteiger partial charge >= 0.3 is 0 Å². The fourth-order valence-electron chi connectivity index (χ4n) is 5.37. The molecule has 3 heterocycles. The minimum atomic E-state index is -0.363. The summed E-state index contributed by atoms with van der Waals surface area (Å²) in [6.07, 6.45) is 6.19. The zero-order valence-corrected chi connectivity index (χ0v) is 20.3. The third-order valence-electron chi connectivity index (χ3n) is 7.33. The normalized spacial score (nSPS) is 15.9. The summed E-state index contributed by atoms with van der Waals surface area (Å²) in [7, 11) is 2.17. The maximum atomic E-state index is 12.6. The van der Waals surface area contributed by atoms with Crippen LogP contribution in [0, 0.1) is 0 Å². The van der Waals surface area contributed by atoms with E-state index in [1.54, 1.807) is 0 Å². The second-order valence-electron chi connectivity index (χ2n) is 9.66. The number of likely N-dealkylation sites (N-methyl/N-ethyl adjacent to an activating group) is 1. The van der Waals surface area contributed by atoms with Gasteiger partial charge in [-0.25, -0.2) is 0 Å². The zero-order chi connectivity index (χ0) is 23.7. The van der Waals surface area contributed by atoms with Crippen LogP contribution in [-0.2, 0) is 6.42 Å².